The van der Waals surface area contributed by atoms with E-state index in [0.29, 0.717) is 17.1 Å². The van der Waals surface area contributed by atoms with Crippen molar-refractivity contribution in [2.45, 2.75) is 12.0 Å². The predicted molar refractivity (Wildman–Crippen MR) is 78.5 cm³/mol. The maximum atomic E-state index is 12.5. The Morgan fingerprint density at radius 1 is 1.05 bits per heavy atom. The summed E-state index contributed by atoms with van der Waals surface area (Å²) in [5.74, 6) is 0.0242. The second-order valence-corrected chi connectivity index (χ2v) is 5.21. The highest BCUT2D eigenvalue weighted by atomic mass is 35.5. The van der Waals surface area contributed by atoms with E-state index >= 15 is 0 Å². The average Bonchev–Trinajstić information content (AvgIpc) is 2.97. The zero-order valence-electron chi connectivity index (χ0n) is 10.7. The highest BCUT2D eigenvalue weighted by molar-refractivity contribution is 6.30. The van der Waals surface area contributed by atoms with Crippen LogP contribution in [0.15, 0.2) is 64.8 Å². The molecule has 0 amide bonds. The summed E-state index contributed by atoms with van der Waals surface area (Å²) in [7, 11) is 0. The van der Waals surface area contributed by atoms with Crippen LogP contribution in [0.5, 0.6) is 0 Å². The maximum Gasteiger partial charge on any atom is 0.189 e. The molecule has 0 aromatic heterocycles. The fourth-order valence-corrected chi connectivity index (χ4v) is 2.54. The van der Waals surface area contributed by atoms with E-state index in [1.165, 1.54) is 0 Å². The number of Topliss-reactive ketones (excluding diaryl/α,β-unsaturated/α-hetero) is 1. The number of hydrogen-bond donors (Lipinski definition) is 0. The fraction of sp³-hybridized carbons (Fsp3) is 0.188. The largest absolute Gasteiger partial charge is 0.292 e. The van der Waals surface area contributed by atoms with Gasteiger partial charge in [0.05, 0.1) is 6.54 Å². The van der Waals surface area contributed by atoms with Crippen molar-refractivity contribution in [3.63, 3.8) is 0 Å². The van der Waals surface area contributed by atoms with Gasteiger partial charge >= 0.3 is 0 Å². The van der Waals surface area contributed by atoms with Crippen molar-refractivity contribution in [2.75, 3.05) is 6.54 Å². The molecule has 0 saturated carbocycles. The Balaban J connectivity index is 1.87. The van der Waals surface area contributed by atoms with Crippen molar-refractivity contribution in [3.8, 4) is 0 Å². The number of halogens is 1. The molecule has 0 aliphatic carbocycles. The van der Waals surface area contributed by atoms with Gasteiger partial charge in [-0.1, -0.05) is 41.9 Å². The van der Waals surface area contributed by atoms with Crippen LogP contribution in [0.4, 0.5) is 0 Å². The Labute approximate surface area is 122 Å². The van der Waals surface area contributed by atoms with Gasteiger partial charge in [0, 0.05) is 16.5 Å². The molecule has 1 aliphatic heterocycles. The van der Waals surface area contributed by atoms with E-state index in [-0.39, 0.29) is 11.7 Å². The Hall–Kier alpha value is -2.00. The molecule has 0 saturated heterocycles. The van der Waals surface area contributed by atoms with Crippen LogP contribution < -0.4 is 0 Å². The molecule has 20 heavy (non-hydrogen) atoms. The number of nitrogens with zero attached hydrogens (tertiary/aromatic N) is 2. The summed E-state index contributed by atoms with van der Waals surface area (Å²) in [4.78, 5) is 12.5. The highest BCUT2D eigenvalue weighted by Gasteiger charge is 2.33. The molecule has 2 aromatic carbocycles. The van der Waals surface area contributed by atoms with Gasteiger partial charge in [-0.3, -0.25) is 4.79 Å². The lowest BCUT2D eigenvalue weighted by Gasteiger charge is -2.15. The number of azo groups is 1. The van der Waals surface area contributed by atoms with Crippen molar-refractivity contribution in [1.29, 1.82) is 0 Å². The van der Waals surface area contributed by atoms with E-state index in [9.17, 15) is 4.79 Å². The van der Waals surface area contributed by atoms with E-state index in [1.54, 1.807) is 24.3 Å². The van der Waals surface area contributed by atoms with Gasteiger partial charge in [0.25, 0.3) is 0 Å². The third-order valence-corrected chi connectivity index (χ3v) is 3.74. The standard InChI is InChI=1S/C16H13ClN2O/c17-13-8-6-12(7-9-13)16(20)15-14(10-18-19-15)11-4-2-1-3-5-11/h1-9,14-15H,10H2/t14-,15-/m1/s1. The van der Waals surface area contributed by atoms with Crippen LogP contribution in [-0.4, -0.2) is 18.4 Å². The van der Waals surface area contributed by atoms with E-state index in [4.69, 9.17) is 11.6 Å². The van der Waals surface area contributed by atoms with Gasteiger partial charge in [-0.15, -0.1) is 0 Å². The summed E-state index contributed by atoms with van der Waals surface area (Å²) in [6.07, 6.45) is 0. The summed E-state index contributed by atoms with van der Waals surface area (Å²) >= 11 is 5.85. The number of ketones is 1. The van der Waals surface area contributed by atoms with Crippen LogP contribution in [0.25, 0.3) is 0 Å². The van der Waals surface area contributed by atoms with Crippen molar-refractivity contribution in [3.05, 3.63) is 70.7 Å². The molecule has 1 heterocycles. The molecule has 0 N–H and O–H groups in total. The van der Waals surface area contributed by atoms with Gasteiger partial charge < -0.3 is 0 Å². The number of hydrogen-bond acceptors (Lipinski definition) is 3. The van der Waals surface area contributed by atoms with Gasteiger partial charge in [0.1, 0.15) is 6.04 Å². The molecule has 0 radical (unpaired) electrons. The third-order valence-electron chi connectivity index (χ3n) is 3.49. The van der Waals surface area contributed by atoms with Crippen LogP contribution in [-0.2, 0) is 0 Å². The molecule has 2 aromatic rings. The smallest absolute Gasteiger partial charge is 0.189 e. The molecular weight excluding hydrogens is 272 g/mol. The minimum atomic E-state index is -0.432. The first kappa shape index (κ1) is 13.0. The molecule has 3 nitrogen and oxygen atoms in total. The van der Waals surface area contributed by atoms with Crippen LogP contribution in [0.2, 0.25) is 5.02 Å². The fourth-order valence-electron chi connectivity index (χ4n) is 2.41. The van der Waals surface area contributed by atoms with Gasteiger partial charge in [-0.2, -0.15) is 10.2 Å². The second kappa shape index (κ2) is 5.55. The Morgan fingerprint density at radius 2 is 1.75 bits per heavy atom. The third kappa shape index (κ3) is 2.49. The summed E-state index contributed by atoms with van der Waals surface area (Å²) < 4.78 is 0. The van der Waals surface area contributed by atoms with Gasteiger partial charge in [-0.05, 0) is 29.8 Å². The molecule has 100 valence electrons. The summed E-state index contributed by atoms with van der Waals surface area (Å²) in [6, 6.07) is 16.4. The lowest BCUT2D eigenvalue weighted by atomic mass is 9.88. The first-order valence-electron chi connectivity index (χ1n) is 6.47. The summed E-state index contributed by atoms with van der Waals surface area (Å²) in [5, 5.41) is 8.82. The molecule has 0 fully saturated rings. The topological polar surface area (TPSA) is 41.8 Å². The minimum absolute atomic E-state index is 0.00299. The Morgan fingerprint density at radius 3 is 2.45 bits per heavy atom. The molecule has 2 atom stereocenters. The van der Waals surface area contributed by atoms with E-state index in [2.05, 4.69) is 10.2 Å². The van der Waals surface area contributed by atoms with Crippen LogP contribution >= 0.6 is 11.6 Å². The molecule has 0 unspecified atom stereocenters. The summed E-state index contributed by atoms with van der Waals surface area (Å²) in [6.45, 7) is 0.564. The van der Waals surface area contributed by atoms with Crippen molar-refractivity contribution >= 4 is 17.4 Å². The Bertz CT molecular complexity index is 637. The SMILES string of the molecule is O=C(c1ccc(Cl)cc1)[C@@H]1N=NC[C@@H]1c1ccccc1. The average molecular weight is 285 g/mol. The predicted octanol–water partition coefficient (Wildman–Crippen LogP) is 4.14. The molecule has 0 spiro atoms. The van der Waals surface area contributed by atoms with Crippen LogP contribution in [0.3, 0.4) is 0 Å². The number of carbonyl (C=O) groups is 1. The number of benzene rings is 2. The Kier molecular flexibility index (Phi) is 3.61. The van der Waals surface area contributed by atoms with Crippen LogP contribution in [0.1, 0.15) is 21.8 Å². The van der Waals surface area contributed by atoms with Crippen molar-refractivity contribution in [2.24, 2.45) is 10.2 Å². The lowest BCUT2D eigenvalue weighted by molar-refractivity contribution is 0.0956. The van der Waals surface area contributed by atoms with Crippen molar-refractivity contribution in [1.82, 2.24) is 0 Å². The number of carbonyl (C=O) groups excluding carboxylic acids is 1. The number of rotatable bonds is 3. The molecular formula is C16H13ClN2O. The monoisotopic (exact) mass is 284 g/mol. The van der Waals surface area contributed by atoms with E-state index in [0.717, 1.165) is 5.56 Å². The zero-order valence-corrected chi connectivity index (χ0v) is 11.5. The van der Waals surface area contributed by atoms with E-state index < -0.39 is 6.04 Å². The molecule has 1 aliphatic rings. The normalized spacial score (nSPS) is 21.1. The van der Waals surface area contributed by atoms with Gasteiger partial charge in [0.15, 0.2) is 5.78 Å². The van der Waals surface area contributed by atoms with Crippen molar-refractivity contribution < 1.29 is 4.79 Å². The molecule has 0 bridgehead atoms. The first-order chi connectivity index (χ1) is 9.75. The first-order valence-corrected chi connectivity index (χ1v) is 6.85. The minimum Gasteiger partial charge on any atom is -0.292 e. The highest BCUT2D eigenvalue weighted by Crippen LogP contribution is 2.30. The zero-order chi connectivity index (χ0) is 13.9. The van der Waals surface area contributed by atoms with Crippen LogP contribution in [0, 0.1) is 0 Å². The summed E-state index contributed by atoms with van der Waals surface area (Å²) in [5.41, 5.74) is 1.73. The second-order valence-electron chi connectivity index (χ2n) is 4.77. The molecule has 3 rings (SSSR count). The van der Waals surface area contributed by atoms with Gasteiger partial charge in [0.2, 0.25) is 0 Å². The quantitative estimate of drug-likeness (QED) is 0.781. The van der Waals surface area contributed by atoms with E-state index in [1.807, 2.05) is 30.3 Å². The molecule has 4 heteroatoms. The maximum absolute atomic E-state index is 12.5. The van der Waals surface area contributed by atoms with Gasteiger partial charge in [-0.25, -0.2) is 0 Å². The lowest BCUT2D eigenvalue weighted by Crippen LogP contribution is -2.24.